The fourth-order valence-electron chi connectivity index (χ4n) is 2.35. The maximum atomic E-state index is 12.4. The summed E-state index contributed by atoms with van der Waals surface area (Å²) < 4.78 is 5.83. The SMILES string of the molecule is Cc1ccc([C@@H](C)NC(=O)[C@@H](C)Oc2cc(C)ccc2C)cc1. The Balaban J connectivity index is 1.99. The van der Waals surface area contributed by atoms with Gasteiger partial charge in [0.15, 0.2) is 6.10 Å². The number of hydrogen-bond acceptors (Lipinski definition) is 2. The van der Waals surface area contributed by atoms with Crippen molar-refractivity contribution in [1.82, 2.24) is 5.32 Å². The number of ether oxygens (including phenoxy) is 1. The number of rotatable bonds is 5. The molecule has 2 aromatic carbocycles. The van der Waals surface area contributed by atoms with E-state index >= 15 is 0 Å². The molecule has 0 heterocycles. The quantitative estimate of drug-likeness (QED) is 0.896. The van der Waals surface area contributed by atoms with Crippen LogP contribution in [-0.2, 0) is 4.79 Å². The van der Waals surface area contributed by atoms with Gasteiger partial charge in [-0.3, -0.25) is 4.79 Å². The molecule has 2 aromatic rings. The maximum Gasteiger partial charge on any atom is 0.261 e. The first kappa shape index (κ1) is 17.1. The van der Waals surface area contributed by atoms with Crippen LogP contribution >= 0.6 is 0 Å². The van der Waals surface area contributed by atoms with Gasteiger partial charge in [0.05, 0.1) is 6.04 Å². The topological polar surface area (TPSA) is 38.3 Å². The molecule has 0 aliphatic carbocycles. The smallest absolute Gasteiger partial charge is 0.261 e. The highest BCUT2D eigenvalue weighted by molar-refractivity contribution is 5.81. The second-order valence-corrected chi connectivity index (χ2v) is 6.17. The molecule has 0 bridgehead atoms. The van der Waals surface area contributed by atoms with Crippen LogP contribution in [-0.4, -0.2) is 12.0 Å². The number of nitrogens with one attached hydrogen (secondary N) is 1. The monoisotopic (exact) mass is 311 g/mol. The predicted molar refractivity (Wildman–Crippen MR) is 93.7 cm³/mol. The molecule has 0 aliphatic rings. The largest absolute Gasteiger partial charge is 0.481 e. The normalized spacial score (nSPS) is 13.3. The van der Waals surface area contributed by atoms with Crippen molar-refractivity contribution in [2.75, 3.05) is 0 Å². The second kappa shape index (κ2) is 7.32. The lowest BCUT2D eigenvalue weighted by Gasteiger charge is -2.20. The first-order chi connectivity index (χ1) is 10.9. The summed E-state index contributed by atoms with van der Waals surface area (Å²) in [5, 5.41) is 3.01. The molecule has 2 rings (SSSR count). The Morgan fingerprint density at radius 2 is 1.57 bits per heavy atom. The lowest BCUT2D eigenvalue weighted by molar-refractivity contribution is -0.127. The van der Waals surface area contributed by atoms with Crippen LogP contribution < -0.4 is 10.1 Å². The van der Waals surface area contributed by atoms with Crippen molar-refractivity contribution < 1.29 is 9.53 Å². The van der Waals surface area contributed by atoms with Crippen molar-refractivity contribution in [2.45, 2.75) is 46.8 Å². The van der Waals surface area contributed by atoms with Gasteiger partial charge in [0.1, 0.15) is 5.75 Å². The highest BCUT2D eigenvalue weighted by Crippen LogP contribution is 2.21. The van der Waals surface area contributed by atoms with E-state index in [1.807, 2.05) is 70.2 Å². The molecule has 0 saturated carbocycles. The number of amides is 1. The van der Waals surface area contributed by atoms with E-state index in [2.05, 4.69) is 5.32 Å². The lowest BCUT2D eigenvalue weighted by Crippen LogP contribution is -2.37. The van der Waals surface area contributed by atoms with Gasteiger partial charge in [0.25, 0.3) is 5.91 Å². The number of aryl methyl sites for hydroxylation is 3. The van der Waals surface area contributed by atoms with Gasteiger partial charge < -0.3 is 10.1 Å². The summed E-state index contributed by atoms with van der Waals surface area (Å²) in [5.74, 6) is 0.648. The van der Waals surface area contributed by atoms with Crippen LogP contribution in [0.1, 0.15) is 42.1 Å². The summed E-state index contributed by atoms with van der Waals surface area (Å²) in [6.07, 6.45) is -0.539. The Bertz CT molecular complexity index is 677. The summed E-state index contributed by atoms with van der Waals surface area (Å²) in [4.78, 5) is 12.4. The third kappa shape index (κ3) is 4.59. The molecule has 0 saturated heterocycles. The van der Waals surface area contributed by atoms with E-state index in [9.17, 15) is 4.79 Å². The molecule has 0 spiro atoms. The lowest BCUT2D eigenvalue weighted by atomic mass is 10.1. The Hall–Kier alpha value is -2.29. The molecule has 0 radical (unpaired) electrons. The summed E-state index contributed by atoms with van der Waals surface area (Å²) >= 11 is 0. The van der Waals surface area contributed by atoms with Crippen LogP contribution in [0.15, 0.2) is 42.5 Å². The van der Waals surface area contributed by atoms with E-state index in [1.165, 1.54) is 5.56 Å². The third-order valence-corrected chi connectivity index (χ3v) is 3.95. The minimum Gasteiger partial charge on any atom is -0.481 e. The minimum absolute atomic E-state index is 0.0484. The van der Waals surface area contributed by atoms with Gasteiger partial charge in [0.2, 0.25) is 0 Å². The molecule has 0 aliphatic heterocycles. The Kier molecular flexibility index (Phi) is 5.43. The van der Waals surface area contributed by atoms with Crippen LogP contribution in [0.3, 0.4) is 0 Å². The molecule has 2 atom stereocenters. The van der Waals surface area contributed by atoms with Gasteiger partial charge >= 0.3 is 0 Å². The highest BCUT2D eigenvalue weighted by Gasteiger charge is 2.18. The van der Waals surface area contributed by atoms with Gasteiger partial charge in [0, 0.05) is 0 Å². The molecule has 1 amide bonds. The zero-order chi connectivity index (χ0) is 17.0. The fourth-order valence-corrected chi connectivity index (χ4v) is 2.35. The molecule has 1 N–H and O–H groups in total. The first-order valence-corrected chi connectivity index (χ1v) is 7.97. The van der Waals surface area contributed by atoms with Crippen molar-refractivity contribution >= 4 is 5.91 Å². The van der Waals surface area contributed by atoms with Gasteiger partial charge in [-0.25, -0.2) is 0 Å². The van der Waals surface area contributed by atoms with Crippen LogP contribution in [0.25, 0.3) is 0 Å². The summed E-state index contributed by atoms with van der Waals surface area (Å²) in [6, 6.07) is 14.1. The van der Waals surface area contributed by atoms with E-state index in [0.29, 0.717) is 0 Å². The van der Waals surface area contributed by atoms with Crippen molar-refractivity contribution in [1.29, 1.82) is 0 Å². The molecular formula is C20H25NO2. The molecule has 3 nitrogen and oxygen atoms in total. The molecule has 0 fully saturated rings. The van der Waals surface area contributed by atoms with E-state index in [-0.39, 0.29) is 11.9 Å². The summed E-state index contributed by atoms with van der Waals surface area (Å²) in [6.45, 7) is 9.80. The van der Waals surface area contributed by atoms with Crippen molar-refractivity contribution in [3.05, 3.63) is 64.7 Å². The van der Waals surface area contributed by atoms with Crippen molar-refractivity contribution in [3.63, 3.8) is 0 Å². The van der Waals surface area contributed by atoms with E-state index in [4.69, 9.17) is 4.74 Å². The van der Waals surface area contributed by atoms with Gasteiger partial charge in [-0.2, -0.15) is 0 Å². The Labute approximate surface area is 138 Å². The average molecular weight is 311 g/mol. The van der Waals surface area contributed by atoms with E-state index in [1.54, 1.807) is 6.92 Å². The highest BCUT2D eigenvalue weighted by atomic mass is 16.5. The Morgan fingerprint density at radius 3 is 2.22 bits per heavy atom. The van der Waals surface area contributed by atoms with Crippen molar-refractivity contribution in [2.24, 2.45) is 0 Å². The second-order valence-electron chi connectivity index (χ2n) is 6.17. The zero-order valence-corrected chi connectivity index (χ0v) is 14.5. The van der Waals surface area contributed by atoms with E-state index < -0.39 is 6.10 Å². The van der Waals surface area contributed by atoms with E-state index in [0.717, 1.165) is 22.4 Å². The number of benzene rings is 2. The summed E-state index contributed by atoms with van der Waals surface area (Å²) in [5.41, 5.74) is 4.44. The molecule has 0 aromatic heterocycles. The Morgan fingerprint density at radius 1 is 0.957 bits per heavy atom. The first-order valence-electron chi connectivity index (χ1n) is 7.97. The van der Waals surface area contributed by atoms with Crippen LogP contribution in [0.4, 0.5) is 0 Å². The van der Waals surface area contributed by atoms with Gasteiger partial charge in [-0.05, 0) is 57.4 Å². The van der Waals surface area contributed by atoms with Crippen molar-refractivity contribution in [3.8, 4) is 5.75 Å². The fraction of sp³-hybridized carbons (Fsp3) is 0.350. The zero-order valence-electron chi connectivity index (χ0n) is 14.5. The average Bonchev–Trinajstić information content (AvgIpc) is 2.51. The summed E-state index contributed by atoms with van der Waals surface area (Å²) in [7, 11) is 0. The van der Waals surface area contributed by atoms with Crippen LogP contribution in [0, 0.1) is 20.8 Å². The maximum absolute atomic E-state index is 12.4. The van der Waals surface area contributed by atoms with Crippen LogP contribution in [0.5, 0.6) is 5.75 Å². The van der Waals surface area contributed by atoms with Gasteiger partial charge in [-0.1, -0.05) is 42.0 Å². The number of carbonyl (C=O) groups is 1. The molecule has 3 heteroatoms. The minimum atomic E-state index is -0.539. The molecular weight excluding hydrogens is 286 g/mol. The predicted octanol–water partition coefficient (Wildman–Crippen LogP) is 4.26. The molecule has 23 heavy (non-hydrogen) atoms. The number of hydrogen-bond donors (Lipinski definition) is 1. The number of carbonyl (C=O) groups excluding carboxylic acids is 1. The standard InChI is InChI=1S/C20H25NO2/c1-13-7-10-18(11-8-13)16(4)21-20(22)17(5)23-19-12-14(2)6-9-15(19)3/h6-12,16-17H,1-5H3,(H,21,22)/t16-,17-/m1/s1. The van der Waals surface area contributed by atoms with Crippen LogP contribution in [0.2, 0.25) is 0 Å². The third-order valence-electron chi connectivity index (χ3n) is 3.95. The van der Waals surface area contributed by atoms with Gasteiger partial charge in [-0.15, -0.1) is 0 Å². The molecule has 0 unspecified atom stereocenters. The molecule has 122 valence electrons.